The zero-order chi connectivity index (χ0) is 18.8. The third-order valence-electron chi connectivity index (χ3n) is 3.79. The Hall–Kier alpha value is -2.36. The molecule has 2 rings (SSSR count). The van der Waals surface area contributed by atoms with Crippen molar-refractivity contribution < 1.29 is 9.47 Å². The maximum atomic E-state index is 5.81. The van der Waals surface area contributed by atoms with Crippen LogP contribution in [-0.4, -0.2) is 25.8 Å². The van der Waals surface area contributed by atoms with E-state index in [1.807, 2.05) is 44.2 Å². The standard InChI is InChI=1S/C22H32N2O2/c1-17(2)11-14-25-21-9-5-7-19(15-21)23-12-13-24-20-8-6-10-22(16-20)26-18(3)4/h5-10,15-18,23-24H,11-14H2,1-4H3. The predicted octanol–water partition coefficient (Wildman–Crippen LogP) is 5.42. The van der Waals surface area contributed by atoms with Crippen molar-refractivity contribution >= 4 is 11.4 Å². The molecule has 0 aromatic heterocycles. The molecule has 0 saturated carbocycles. The minimum absolute atomic E-state index is 0.182. The zero-order valence-corrected chi connectivity index (χ0v) is 16.4. The molecule has 0 bridgehead atoms. The van der Waals surface area contributed by atoms with Crippen molar-refractivity contribution in [2.24, 2.45) is 5.92 Å². The van der Waals surface area contributed by atoms with Crippen LogP contribution < -0.4 is 20.1 Å². The van der Waals surface area contributed by atoms with Crippen LogP contribution in [0.5, 0.6) is 11.5 Å². The molecule has 4 heteroatoms. The van der Waals surface area contributed by atoms with Crippen LogP contribution in [0.15, 0.2) is 48.5 Å². The van der Waals surface area contributed by atoms with E-state index in [1.165, 1.54) is 0 Å². The highest BCUT2D eigenvalue weighted by molar-refractivity contribution is 5.50. The van der Waals surface area contributed by atoms with Crippen molar-refractivity contribution in [3.63, 3.8) is 0 Å². The second kappa shape index (κ2) is 10.6. The van der Waals surface area contributed by atoms with E-state index in [1.54, 1.807) is 0 Å². The minimum atomic E-state index is 0.182. The number of hydrogen-bond donors (Lipinski definition) is 2. The first-order valence-corrected chi connectivity index (χ1v) is 9.50. The lowest BCUT2D eigenvalue weighted by Crippen LogP contribution is -2.14. The van der Waals surface area contributed by atoms with Gasteiger partial charge in [0.25, 0.3) is 0 Å². The molecule has 0 aliphatic carbocycles. The highest BCUT2D eigenvalue weighted by Gasteiger charge is 2.00. The van der Waals surface area contributed by atoms with Gasteiger partial charge in [0.05, 0.1) is 12.7 Å². The van der Waals surface area contributed by atoms with Crippen molar-refractivity contribution in [3.05, 3.63) is 48.5 Å². The summed E-state index contributed by atoms with van der Waals surface area (Å²) < 4.78 is 11.5. The lowest BCUT2D eigenvalue weighted by atomic mass is 10.1. The second-order valence-electron chi connectivity index (χ2n) is 7.11. The first kappa shape index (κ1) is 20.0. The number of benzene rings is 2. The predicted molar refractivity (Wildman–Crippen MR) is 111 cm³/mol. The van der Waals surface area contributed by atoms with E-state index in [9.17, 15) is 0 Å². The Kier molecular flexibility index (Phi) is 8.13. The maximum Gasteiger partial charge on any atom is 0.121 e. The number of ether oxygens (including phenoxy) is 2. The van der Waals surface area contributed by atoms with Gasteiger partial charge in [-0.05, 0) is 50.5 Å². The van der Waals surface area contributed by atoms with E-state index in [0.29, 0.717) is 5.92 Å². The number of rotatable bonds is 11. The summed E-state index contributed by atoms with van der Waals surface area (Å²) in [5.41, 5.74) is 2.14. The molecule has 0 atom stereocenters. The van der Waals surface area contributed by atoms with Crippen LogP contribution in [0.4, 0.5) is 11.4 Å². The zero-order valence-electron chi connectivity index (χ0n) is 16.4. The van der Waals surface area contributed by atoms with Gasteiger partial charge >= 0.3 is 0 Å². The van der Waals surface area contributed by atoms with Crippen molar-refractivity contribution in [1.29, 1.82) is 0 Å². The van der Waals surface area contributed by atoms with E-state index in [2.05, 4.69) is 42.7 Å². The highest BCUT2D eigenvalue weighted by Crippen LogP contribution is 2.19. The molecule has 0 fully saturated rings. The summed E-state index contributed by atoms with van der Waals surface area (Å²) in [5.74, 6) is 2.47. The molecule has 0 spiro atoms. The molecule has 2 aromatic rings. The lowest BCUT2D eigenvalue weighted by Gasteiger charge is -2.13. The SMILES string of the molecule is CC(C)CCOc1cccc(NCCNc2cccc(OC(C)C)c2)c1. The van der Waals surface area contributed by atoms with Crippen LogP contribution in [0.3, 0.4) is 0 Å². The molecule has 26 heavy (non-hydrogen) atoms. The fourth-order valence-electron chi connectivity index (χ4n) is 2.47. The van der Waals surface area contributed by atoms with Gasteiger partial charge in [-0.25, -0.2) is 0 Å². The van der Waals surface area contributed by atoms with Gasteiger partial charge in [0.1, 0.15) is 11.5 Å². The van der Waals surface area contributed by atoms with Crippen molar-refractivity contribution in [2.75, 3.05) is 30.3 Å². The minimum Gasteiger partial charge on any atom is -0.494 e. The van der Waals surface area contributed by atoms with Crippen LogP contribution in [0.1, 0.15) is 34.1 Å². The largest absolute Gasteiger partial charge is 0.494 e. The average Bonchev–Trinajstić information content (AvgIpc) is 2.59. The van der Waals surface area contributed by atoms with Crippen molar-refractivity contribution in [1.82, 2.24) is 0 Å². The van der Waals surface area contributed by atoms with Gasteiger partial charge in [-0.3, -0.25) is 0 Å². The van der Waals surface area contributed by atoms with Gasteiger partial charge in [0.2, 0.25) is 0 Å². The third-order valence-corrected chi connectivity index (χ3v) is 3.79. The third kappa shape index (κ3) is 7.68. The summed E-state index contributed by atoms with van der Waals surface area (Å²) in [6, 6.07) is 16.2. The Morgan fingerprint density at radius 2 is 1.38 bits per heavy atom. The smallest absolute Gasteiger partial charge is 0.121 e. The monoisotopic (exact) mass is 356 g/mol. The maximum absolute atomic E-state index is 5.81. The molecular weight excluding hydrogens is 324 g/mol. The van der Waals surface area contributed by atoms with E-state index in [0.717, 1.165) is 49.0 Å². The Morgan fingerprint density at radius 1 is 0.808 bits per heavy atom. The molecule has 0 aliphatic rings. The quantitative estimate of drug-likeness (QED) is 0.527. The van der Waals surface area contributed by atoms with Gasteiger partial charge in [0, 0.05) is 36.6 Å². The van der Waals surface area contributed by atoms with Crippen LogP contribution in [0.2, 0.25) is 0 Å². The molecule has 0 unspecified atom stereocenters. The Balaban J connectivity index is 1.74. The van der Waals surface area contributed by atoms with E-state index < -0.39 is 0 Å². The molecule has 0 heterocycles. The first-order valence-electron chi connectivity index (χ1n) is 9.50. The molecule has 2 N–H and O–H groups in total. The Bertz CT molecular complexity index is 656. The number of nitrogens with one attached hydrogen (secondary N) is 2. The van der Waals surface area contributed by atoms with E-state index in [4.69, 9.17) is 9.47 Å². The molecular formula is C22H32N2O2. The fraction of sp³-hybridized carbons (Fsp3) is 0.455. The van der Waals surface area contributed by atoms with Crippen molar-refractivity contribution in [2.45, 2.75) is 40.2 Å². The van der Waals surface area contributed by atoms with E-state index in [-0.39, 0.29) is 6.10 Å². The summed E-state index contributed by atoms with van der Waals surface area (Å²) >= 11 is 0. The van der Waals surface area contributed by atoms with Crippen LogP contribution in [-0.2, 0) is 0 Å². The summed E-state index contributed by atoms with van der Waals surface area (Å²) in [6.45, 7) is 10.9. The van der Waals surface area contributed by atoms with Gasteiger partial charge in [0.15, 0.2) is 0 Å². The molecule has 2 aromatic carbocycles. The summed E-state index contributed by atoms with van der Waals surface area (Å²) in [6.07, 6.45) is 1.25. The fourth-order valence-corrected chi connectivity index (χ4v) is 2.47. The average molecular weight is 357 g/mol. The van der Waals surface area contributed by atoms with Crippen LogP contribution in [0, 0.1) is 5.92 Å². The molecule has 142 valence electrons. The molecule has 0 saturated heterocycles. The van der Waals surface area contributed by atoms with E-state index >= 15 is 0 Å². The highest BCUT2D eigenvalue weighted by atomic mass is 16.5. The van der Waals surface area contributed by atoms with Gasteiger partial charge in [-0.1, -0.05) is 26.0 Å². The molecule has 0 aliphatic heterocycles. The molecule has 0 radical (unpaired) electrons. The van der Waals surface area contributed by atoms with Gasteiger partial charge in [-0.15, -0.1) is 0 Å². The van der Waals surface area contributed by atoms with Crippen LogP contribution in [0.25, 0.3) is 0 Å². The normalized spacial score (nSPS) is 10.8. The van der Waals surface area contributed by atoms with Gasteiger partial charge in [-0.2, -0.15) is 0 Å². The molecule has 0 amide bonds. The lowest BCUT2D eigenvalue weighted by molar-refractivity contribution is 0.242. The number of anilines is 2. The number of hydrogen-bond acceptors (Lipinski definition) is 4. The van der Waals surface area contributed by atoms with Gasteiger partial charge < -0.3 is 20.1 Å². The summed E-state index contributed by atoms with van der Waals surface area (Å²) in [5, 5.41) is 6.84. The summed E-state index contributed by atoms with van der Waals surface area (Å²) in [4.78, 5) is 0. The first-order chi connectivity index (χ1) is 12.5. The second-order valence-corrected chi connectivity index (χ2v) is 7.11. The summed E-state index contributed by atoms with van der Waals surface area (Å²) in [7, 11) is 0. The van der Waals surface area contributed by atoms with Crippen molar-refractivity contribution in [3.8, 4) is 11.5 Å². The molecule has 4 nitrogen and oxygen atoms in total. The van der Waals surface area contributed by atoms with Crippen LogP contribution >= 0.6 is 0 Å². The Labute approximate surface area is 157 Å². The topological polar surface area (TPSA) is 42.5 Å². The Morgan fingerprint density at radius 3 is 1.96 bits per heavy atom.